The van der Waals surface area contributed by atoms with E-state index < -0.39 is 35.5 Å². The number of carbonyl (C=O) groups is 2. The Morgan fingerprint density at radius 2 is 1.93 bits per heavy atom. The van der Waals surface area contributed by atoms with E-state index in [1.165, 1.54) is 21.8 Å². The molecule has 10 nitrogen and oxygen atoms in total. The minimum Gasteiger partial charge on any atom is -0.433 e. The number of carbonyl (C=O) groups excluding carboxylic acids is 2. The zero-order chi connectivity index (χ0) is 30.6. The molecule has 0 fully saturated rings. The smallest absolute Gasteiger partial charge is 0.416 e. The number of hydrogen-bond donors (Lipinski definition) is 1. The number of thioether (sulfide) groups is 1. The number of aliphatic hydroxyl groups excluding tert-OH is 1. The predicted molar refractivity (Wildman–Crippen MR) is 153 cm³/mol. The van der Waals surface area contributed by atoms with E-state index in [0.29, 0.717) is 42.8 Å². The fourth-order valence-electron chi connectivity index (χ4n) is 4.84. The second-order valence-corrected chi connectivity index (χ2v) is 10.8. The molecule has 3 heterocycles. The van der Waals surface area contributed by atoms with Gasteiger partial charge in [-0.1, -0.05) is 32.9 Å². The number of imidazole rings is 1. The van der Waals surface area contributed by atoms with Gasteiger partial charge in [-0.05, 0) is 49.2 Å². The van der Waals surface area contributed by atoms with Crippen LogP contribution in [0.25, 0.3) is 11.4 Å². The van der Waals surface area contributed by atoms with Crippen molar-refractivity contribution in [3.63, 3.8) is 0 Å². The van der Waals surface area contributed by atoms with Crippen molar-refractivity contribution in [1.82, 2.24) is 24.2 Å². The van der Waals surface area contributed by atoms with Crippen molar-refractivity contribution in [2.45, 2.75) is 72.3 Å². The van der Waals surface area contributed by atoms with Gasteiger partial charge in [0.2, 0.25) is 6.35 Å². The van der Waals surface area contributed by atoms with Crippen molar-refractivity contribution in [2.24, 2.45) is 0 Å². The lowest BCUT2D eigenvalue weighted by molar-refractivity contribution is -0.137. The first-order chi connectivity index (χ1) is 20.0. The van der Waals surface area contributed by atoms with E-state index >= 15 is 0 Å². The number of hydrogen-bond acceptors (Lipinski definition) is 8. The van der Waals surface area contributed by atoms with Crippen LogP contribution in [0.15, 0.2) is 36.7 Å². The topological polar surface area (TPSA) is 106 Å². The molecule has 1 aliphatic rings. The molecular formula is C28H35F3N6O4S. The fourth-order valence-corrected chi connectivity index (χ4v) is 5.39. The lowest BCUT2D eigenvalue weighted by atomic mass is 10.1. The van der Waals surface area contributed by atoms with Gasteiger partial charge in [-0.15, -0.1) is 0 Å². The summed E-state index contributed by atoms with van der Waals surface area (Å²) in [5.74, 6) is 0.659. The highest BCUT2D eigenvalue weighted by Crippen LogP contribution is 2.38. The highest BCUT2D eigenvalue weighted by molar-refractivity contribution is 8.13. The molecule has 228 valence electrons. The van der Waals surface area contributed by atoms with Crippen molar-refractivity contribution in [3.8, 4) is 11.4 Å². The van der Waals surface area contributed by atoms with Gasteiger partial charge in [0.05, 0.1) is 23.9 Å². The second-order valence-electron chi connectivity index (χ2n) is 9.81. The number of anilines is 1. The van der Waals surface area contributed by atoms with E-state index in [9.17, 15) is 27.9 Å². The summed E-state index contributed by atoms with van der Waals surface area (Å²) in [6.07, 6.45) is -1.75. The van der Waals surface area contributed by atoms with Gasteiger partial charge in [-0.3, -0.25) is 18.9 Å². The molecule has 42 heavy (non-hydrogen) atoms. The first-order valence-corrected chi connectivity index (χ1v) is 14.9. The molecule has 3 aromatic rings. The molecule has 0 spiro atoms. The largest absolute Gasteiger partial charge is 0.433 e. The molecular weight excluding hydrogens is 573 g/mol. The molecule has 0 saturated carbocycles. The van der Waals surface area contributed by atoms with Crippen molar-refractivity contribution in [1.29, 1.82) is 0 Å². The zero-order valence-corrected chi connectivity index (χ0v) is 24.8. The molecule has 0 saturated heterocycles. The molecule has 2 atom stereocenters. The lowest BCUT2D eigenvalue weighted by Gasteiger charge is -2.40. The fraction of sp³-hybridized carbons (Fsp3) is 0.500. The Balaban J connectivity index is 1.80. The van der Waals surface area contributed by atoms with Crippen molar-refractivity contribution >= 4 is 28.8 Å². The van der Waals surface area contributed by atoms with Crippen molar-refractivity contribution < 1.29 is 32.6 Å². The second kappa shape index (κ2) is 13.2. The van der Waals surface area contributed by atoms with Gasteiger partial charge >= 0.3 is 11.5 Å². The Bertz CT molecular complexity index is 1410. The van der Waals surface area contributed by atoms with Crippen LogP contribution in [0, 0.1) is 0 Å². The summed E-state index contributed by atoms with van der Waals surface area (Å²) in [7, 11) is 0. The molecule has 1 amide bonds. The number of halogens is 3. The van der Waals surface area contributed by atoms with Gasteiger partial charge in [0.15, 0.2) is 17.7 Å². The number of ether oxygens (including phenoxy) is 1. The SMILES string of the molecule is CCCSC(=O)OC(CC)n1c(-c2cnn(Cc3cccc(C(F)(F)F)c3)c2)nc2c1C(=O)N(CCC)C(O)N2CC. The van der Waals surface area contributed by atoms with Crippen LogP contribution in [-0.2, 0) is 17.5 Å². The standard InChI is InChI=1S/C28H35F3N6O4S/c1-5-12-36-25(38)22-24(35(8-4)26(36)39)33-23(37(22)21(7-3)41-27(40)42-13-6-2)19-15-32-34(17-19)16-18-10-9-11-20(14-18)28(29,30)31/h9-11,14-15,17,21,26,39H,5-8,12-13,16H2,1-4H3. The number of alkyl halides is 3. The molecule has 0 aliphatic carbocycles. The monoisotopic (exact) mass is 608 g/mol. The number of nitrogens with zero attached hydrogens (tertiary/aromatic N) is 6. The maximum Gasteiger partial charge on any atom is 0.416 e. The summed E-state index contributed by atoms with van der Waals surface area (Å²) in [4.78, 5) is 34.2. The summed E-state index contributed by atoms with van der Waals surface area (Å²) < 4.78 is 48.6. The summed E-state index contributed by atoms with van der Waals surface area (Å²) in [5, 5.41) is 14.9. The van der Waals surface area contributed by atoms with E-state index in [-0.39, 0.29) is 23.9 Å². The highest BCUT2D eigenvalue weighted by atomic mass is 32.2. The van der Waals surface area contributed by atoms with Gasteiger partial charge in [0.1, 0.15) is 5.82 Å². The molecule has 1 N–H and O–H groups in total. The minimum absolute atomic E-state index is 0.0627. The third-order valence-electron chi connectivity index (χ3n) is 6.77. The Kier molecular flexibility index (Phi) is 9.87. The highest BCUT2D eigenvalue weighted by Gasteiger charge is 2.42. The minimum atomic E-state index is -4.47. The van der Waals surface area contributed by atoms with Gasteiger partial charge < -0.3 is 14.7 Å². The lowest BCUT2D eigenvalue weighted by Crippen LogP contribution is -2.56. The van der Waals surface area contributed by atoms with Crippen LogP contribution < -0.4 is 4.90 Å². The maximum absolute atomic E-state index is 13.8. The average Bonchev–Trinajstić information content (AvgIpc) is 3.58. The van der Waals surface area contributed by atoms with Crippen LogP contribution in [-0.4, -0.2) is 65.7 Å². The summed E-state index contributed by atoms with van der Waals surface area (Å²) in [5.41, 5.74) is 0.294. The number of aromatic nitrogens is 4. The van der Waals surface area contributed by atoms with Crippen LogP contribution in [0.3, 0.4) is 0 Å². The first kappa shape index (κ1) is 31.4. The van der Waals surface area contributed by atoms with Gasteiger partial charge in [0.25, 0.3) is 5.91 Å². The third kappa shape index (κ3) is 6.43. The van der Waals surface area contributed by atoms with Crippen LogP contribution >= 0.6 is 11.8 Å². The predicted octanol–water partition coefficient (Wildman–Crippen LogP) is 5.97. The number of benzene rings is 1. The molecule has 1 aliphatic heterocycles. The molecule has 4 rings (SSSR count). The van der Waals surface area contributed by atoms with Crippen LogP contribution in [0.5, 0.6) is 0 Å². The van der Waals surface area contributed by atoms with E-state index in [0.717, 1.165) is 30.3 Å². The number of amides is 1. The number of fused-ring (bicyclic) bond motifs is 1. The molecule has 0 radical (unpaired) electrons. The third-order valence-corrected chi connectivity index (χ3v) is 7.72. The van der Waals surface area contributed by atoms with Crippen LogP contribution in [0.4, 0.5) is 23.8 Å². The molecule has 1 aromatic carbocycles. The summed E-state index contributed by atoms with van der Waals surface area (Å²) in [6.45, 7) is 8.20. The van der Waals surface area contributed by atoms with E-state index in [1.807, 2.05) is 27.7 Å². The Labute approximate surface area is 246 Å². The number of rotatable bonds is 11. The van der Waals surface area contributed by atoms with Crippen molar-refractivity contribution in [3.05, 3.63) is 53.5 Å². The quantitative estimate of drug-likeness (QED) is 0.266. The Morgan fingerprint density at radius 3 is 2.57 bits per heavy atom. The molecule has 14 heteroatoms. The van der Waals surface area contributed by atoms with E-state index in [2.05, 4.69) is 5.10 Å². The zero-order valence-electron chi connectivity index (χ0n) is 24.0. The first-order valence-electron chi connectivity index (χ1n) is 13.9. The number of aliphatic hydroxyl groups is 1. The van der Waals surface area contributed by atoms with Crippen LogP contribution in [0.2, 0.25) is 0 Å². The summed E-state index contributed by atoms with van der Waals surface area (Å²) in [6, 6.07) is 5.01. The molecule has 0 bridgehead atoms. The normalized spacial score (nSPS) is 16.1. The van der Waals surface area contributed by atoms with Crippen LogP contribution in [0.1, 0.15) is 74.8 Å². The van der Waals surface area contributed by atoms with Gasteiger partial charge in [-0.2, -0.15) is 18.3 Å². The maximum atomic E-state index is 13.8. The van der Waals surface area contributed by atoms with E-state index in [1.54, 1.807) is 21.7 Å². The van der Waals surface area contributed by atoms with Gasteiger partial charge in [0, 0.05) is 31.5 Å². The molecule has 2 unspecified atom stereocenters. The Hall–Kier alpha value is -3.52. The van der Waals surface area contributed by atoms with Crippen molar-refractivity contribution in [2.75, 3.05) is 23.7 Å². The average molecular weight is 609 g/mol. The van der Waals surface area contributed by atoms with Gasteiger partial charge in [-0.25, -0.2) is 9.78 Å². The molecule has 2 aromatic heterocycles. The summed E-state index contributed by atoms with van der Waals surface area (Å²) >= 11 is 1.04. The Morgan fingerprint density at radius 1 is 1.17 bits per heavy atom. The van der Waals surface area contributed by atoms with E-state index in [4.69, 9.17) is 9.72 Å².